The molecule has 0 saturated carbocycles. The van der Waals surface area contributed by atoms with E-state index in [9.17, 15) is 19.8 Å². The lowest BCUT2D eigenvalue weighted by Gasteiger charge is -2.42. The predicted octanol–water partition coefficient (Wildman–Crippen LogP) is 3.13. The van der Waals surface area contributed by atoms with Gasteiger partial charge in [0.25, 0.3) is 0 Å². The van der Waals surface area contributed by atoms with Crippen LogP contribution in [0.25, 0.3) is 0 Å². The molecule has 1 unspecified atom stereocenters. The highest BCUT2D eigenvalue weighted by atomic mass is 16.5. The molecule has 170 valence electrons. The van der Waals surface area contributed by atoms with Crippen LogP contribution in [0, 0.1) is 23.7 Å². The summed E-state index contributed by atoms with van der Waals surface area (Å²) in [5, 5.41) is 22.9. The summed E-state index contributed by atoms with van der Waals surface area (Å²) in [6, 6.07) is 0. The third kappa shape index (κ3) is 6.67. The lowest BCUT2D eigenvalue weighted by molar-refractivity contribution is -0.158. The predicted molar refractivity (Wildman–Crippen MR) is 116 cm³/mol. The molecule has 2 aliphatic carbocycles. The van der Waals surface area contributed by atoms with Crippen molar-refractivity contribution >= 4 is 11.9 Å². The lowest BCUT2D eigenvalue weighted by Crippen LogP contribution is -2.40. The van der Waals surface area contributed by atoms with Crippen molar-refractivity contribution in [1.29, 1.82) is 0 Å². The fourth-order valence-electron chi connectivity index (χ4n) is 4.60. The molecule has 1 amide bonds. The molecule has 3 N–H and O–H groups in total. The summed E-state index contributed by atoms with van der Waals surface area (Å²) in [6.07, 6.45) is 8.99. The summed E-state index contributed by atoms with van der Waals surface area (Å²) in [5.74, 6) is 0.276. The van der Waals surface area contributed by atoms with Gasteiger partial charge in [0.2, 0.25) is 5.91 Å². The van der Waals surface area contributed by atoms with E-state index >= 15 is 0 Å². The standard InChI is InChI=1S/C24H39NO5/c1-5-15(2)24(29)30-21-8-6-7-17-10-9-16(3)20(23(17)21)12-11-18(26)13-19(27)14-22(28)25-4/h7,9-10,15-16,18-21,23,26-27H,5-6,8,11-14H2,1-4H3,(H,25,28)/t15?,16-,18+,19+,20-,21-,23-/m0/s1. The molecule has 2 rings (SSSR count). The number of hydrogen-bond donors (Lipinski definition) is 3. The second-order valence-electron chi connectivity index (χ2n) is 8.97. The quantitative estimate of drug-likeness (QED) is 0.471. The number of ether oxygens (including phenoxy) is 1. The van der Waals surface area contributed by atoms with Gasteiger partial charge in [-0.1, -0.05) is 39.0 Å². The number of amides is 1. The van der Waals surface area contributed by atoms with Gasteiger partial charge >= 0.3 is 5.97 Å². The van der Waals surface area contributed by atoms with E-state index in [0.717, 1.165) is 25.7 Å². The van der Waals surface area contributed by atoms with Gasteiger partial charge in [-0.3, -0.25) is 9.59 Å². The van der Waals surface area contributed by atoms with Crippen LogP contribution in [0.1, 0.15) is 65.7 Å². The second-order valence-corrected chi connectivity index (χ2v) is 8.97. The third-order valence-electron chi connectivity index (χ3n) is 6.71. The number of hydrogen-bond acceptors (Lipinski definition) is 5. The van der Waals surface area contributed by atoms with Gasteiger partial charge in [0, 0.05) is 13.0 Å². The van der Waals surface area contributed by atoms with Crippen LogP contribution < -0.4 is 5.32 Å². The Bertz CT molecular complexity index is 644. The van der Waals surface area contributed by atoms with Gasteiger partial charge in [0.15, 0.2) is 0 Å². The number of aliphatic hydroxyl groups excluding tert-OH is 2. The number of rotatable bonds is 10. The van der Waals surface area contributed by atoms with Gasteiger partial charge in [-0.15, -0.1) is 0 Å². The average molecular weight is 422 g/mol. The molecule has 0 aromatic heterocycles. The Hall–Kier alpha value is -1.66. The van der Waals surface area contributed by atoms with Crippen LogP contribution in [0.5, 0.6) is 0 Å². The number of fused-ring (bicyclic) bond motifs is 1. The minimum Gasteiger partial charge on any atom is -0.461 e. The van der Waals surface area contributed by atoms with E-state index in [2.05, 4.69) is 30.5 Å². The number of carbonyl (C=O) groups excluding carboxylic acids is 2. The topological polar surface area (TPSA) is 95.9 Å². The molecule has 0 aromatic rings. The van der Waals surface area contributed by atoms with Crippen LogP contribution in [-0.4, -0.2) is 47.4 Å². The molecule has 30 heavy (non-hydrogen) atoms. The van der Waals surface area contributed by atoms with E-state index < -0.39 is 12.2 Å². The fourth-order valence-corrected chi connectivity index (χ4v) is 4.60. The number of carbonyl (C=O) groups is 2. The zero-order chi connectivity index (χ0) is 22.3. The first-order valence-corrected chi connectivity index (χ1v) is 11.4. The van der Waals surface area contributed by atoms with Crippen molar-refractivity contribution in [2.75, 3.05) is 7.05 Å². The molecule has 0 heterocycles. The fraction of sp³-hybridized carbons (Fsp3) is 0.750. The van der Waals surface area contributed by atoms with Crippen LogP contribution in [0.3, 0.4) is 0 Å². The zero-order valence-corrected chi connectivity index (χ0v) is 18.8. The lowest BCUT2D eigenvalue weighted by atomic mass is 9.66. The van der Waals surface area contributed by atoms with Crippen molar-refractivity contribution < 1.29 is 24.5 Å². The van der Waals surface area contributed by atoms with Gasteiger partial charge in [0.1, 0.15) is 6.10 Å². The Morgan fingerprint density at radius 1 is 1.30 bits per heavy atom. The summed E-state index contributed by atoms with van der Waals surface area (Å²) >= 11 is 0. The van der Waals surface area contributed by atoms with Crippen LogP contribution in [0.2, 0.25) is 0 Å². The van der Waals surface area contributed by atoms with E-state index in [4.69, 9.17) is 4.74 Å². The molecule has 6 nitrogen and oxygen atoms in total. The molecule has 0 radical (unpaired) electrons. The monoisotopic (exact) mass is 421 g/mol. The van der Waals surface area contributed by atoms with E-state index in [0.29, 0.717) is 12.3 Å². The molecular formula is C24H39NO5. The SMILES string of the molecule is CCC(C)C(=O)O[C@H]1CCC=C2C=C[C@H](C)[C@H](CC[C@@H](O)C[C@@H](O)CC(=O)NC)[C@H]21. The van der Waals surface area contributed by atoms with Crippen molar-refractivity contribution in [3.05, 3.63) is 23.8 Å². The Labute approximate surface area is 180 Å². The van der Waals surface area contributed by atoms with Gasteiger partial charge in [-0.2, -0.15) is 0 Å². The summed E-state index contributed by atoms with van der Waals surface area (Å²) in [7, 11) is 1.53. The molecule has 0 spiro atoms. The highest BCUT2D eigenvalue weighted by molar-refractivity contribution is 5.76. The smallest absolute Gasteiger partial charge is 0.308 e. The first-order chi connectivity index (χ1) is 14.3. The molecule has 7 atom stereocenters. The summed E-state index contributed by atoms with van der Waals surface area (Å²) in [4.78, 5) is 23.8. The van der Waals surface area contributed by atoms with Gasteiger partial charge in [0.05, 0.1) is 24.5 Å². The number of aliphatic hydroxyl groups is 2. The van der Waals surface area contributed by atoms with Crippen molar-refractivity contribution in [1.82, 2.24) is 5.32 Å². The van der Waals surface area contributed by atoms with Crippen LogP contribution >= 0.6 is 0 Å². The first-order valence-electron chi connectivity index (χ1n) is 11.4. The minimum atomic E-state index is -0.849. The number of allylic oxidation sites excluding steroid dienone is 3. The molecule has 0 bridgehead atoms. The summed E-state index contributed by atoms with van der Waals surface area (Å²) in [6.45, 7) is 6.07. The average Bonchev–Trinajstić information content (AvgIpc) is 2.72. The van der Waals surface area contributed by atoms with Crippen LogP contribution in [-0.2, 0) is 14.3 Å². The van der Waals surface area contributed by atoms with Gasteiger partial charge in [-0.05, 0) is 55.9 Å². The Balaban J connectivity index is 2.01. The van der Waals surface area contributed by atoms with Crippen molar-refractivity contribution in [2.45, 2.75) is 84.0 Å². The molecule has 0 saturated heterocycles. The molecule has 0 aromatic carbocycles. The minimum absolute atomic E-state index is 0.000716. The Morgan fingerprint density at radius 2 is 2.03 bits per heavy atom. The van der Waals surface area contributed by atoms with Crippen LogP contribution in [0.4, 0.5) is 0 Å². The zero-order valence-electron chi connectivity index (χ0n) is 18.8. The molecule has 0 aliphatic heterocycles. The first kappa shape index (κ1) is 24.6. The van der Waals surface area contributed by atoms with Gasteiger partial charge < -0.3 is 20.3 Å². The number of esters is 1. The normalized spacial score (nSPS) is 28.7. The second kappa shape index (κ2) is 11.7. The maximum absolute atomic E-state index is 12.4. The third-order valence-corrected chi connectivity index (χ3v) is 6.71. The largest absolute Gasteiger partial charge is 0.461 e. The Kier molecular flexibility index (Phi) is 9.56. The maximum atomic E-state index is 12.4. The van der Waals surface area contributed by atoms with Crippen molar-refractivity contribution in [3.8, 4) is 0 Å². The molecule has 0 fully saturated rings. The van der Waals surface area contributed by atoms with E-state index in [-0.39, 0.29) is 48.6 Å². The molecule has 2 aliphatic rings. The summed E-state index contributed by atoms with van der Waals surface area (Å²) < 4.78 is 5.96. The van der Waals surface area contributed by atoms with Crippen molar-refractivity contribution in [2.24, 2.45) is 23.7 Å². The Morgan fingerprint density at radius 3 is 2.70 bits per heavy atom. The maximum Gasteiger partial charge on any atom is 0.308 e. The van der Waals surface area contributed by atoms with E-state index in [1.807, 2.05) is 13.8 Å². The molecular weight excluding hydrogens is 382 g/mol. The highest BCUT2D eigenvalue weighted by Crippen LogP contribution is 2.44. The number of nitrogens with one attached hydrogen (secondary N) is 1. The molecule has 6 heteroatoms. The van der Waals surface area contributed by atoms with E-state index in [1.54, 1.807) is 0 Å². The van der Waals surface area contributed by atoms with E-state index in [1.165, 1.54) is 12.6 Å². The van der Waals surface area contributed by atoms with Gasteiger partial charge in [-0.25, -0.2) is 0 Å². The van der Waals surface area contributed by atoms with Crippen LogP contribution in [0.15, 0.2) is 23.8 Å². The van der Waals surface area contributed by atoms with Crippen molar-refractivity contribution in [3.63, 3.8) is 0 Å². The highest BCUT2D eigenvalue weighted by Gasteiger charge is 2.40. The summed E-state index contributed by atoms with van der Waals surface area (Å²) in [5.41, 5.74) is 1.24.